The summed E-state index contributed by atoms with van der Waals surface area (Å²) in [6.45, 7) is 0.876. The van der Waals surface area contributed by atoms with E-state index in [2.05, 4.69) is 23.3 Å². The highest BCUT2D eigenvalue weighted by atomic mass is 14.7. The van der Waals surface area contributed by atoms with Gasteiger partial charge in [0.1, 0.15) is 0 Å². The van der Waals surface area contributed by atoms with Crippen molar-refractivity contribution in [2.75, 3.05) is 6.54 Å². The molecule has 0 saturated heterocycles. The molecule has 4 fully saturated rings. The summed E-state index contributed by atoms with van der Waals surface area (Å²) in [5.74, 6) is 3.97. The lowest BCUT2D eigenvalue weighted by Crippen LogP contribution is -2.53. The summed E-state index contributed by atoms with van der Waals surface area (Å²) in [4.78, 5) is 3.53. The fourth-order valence-corrected chi connectivity index (χ4v) is 5.94. The van der Waals surface area contributed by atoms with Crippen LogP contribution in [0.5, 0.6) is 0 Å². The van der Waals surface area contributed by atoms with Crippen molar-refractivity contribution >= 4 is 0 Å². The molecule has 5 rings (SSSR count). The summed E-state index contributed by atoms with van der Waals surface area (Å²) in [5, 5.41) is 0. The van der Waals surface area contributed by atoms with E-state index in [-0.39, 0.29) is 0 Å². The van der Waals surface area contributed by atoms with Crippen molar-refractivity contribution in [1.82, 2.24) is 4.98 Å². The van der Waals surface area contributed by atoms with Gasteiger partial charge in [0, 0.05) is 17.3 Å². The van der Waals surface area contributed by atoms with Gasteiger partial charge >= 0.3 is 0 Å². The summed E-state index contributed by atoms with van der Waals surface area (Å²) in [7, 11) is 0. The van der Waals surface area contributed by atoms with Crippen LogP contribution in [-0.4, -0.2) is 11.5 Å². The Hall–Kier alpha value is -0.760. The largest absolute Gasteiger partial charge is 0.365 e. The maximum Gasteiger partial charge on any atom is 0.0210 e. The van der Waals surface area contributed by atoms with Crippen LogP contribution < -0.4 is 5.73 Å². The first kappa shape index (κ1) is 12.0. The quantitative estimate of drug-likeness (QED) is 0.853. The van der Waals surface area contributed by atoms with Crippen molar-refractivity contribution in [3.63, 3.8) is 0 Å². The van der Waals surface area contributed by atoms with Crippen LogP contribution in [0, 0.1) is 23.7 Å². The third-order valence-electron chi connectivity index (χ3n) is 6.38. The first-order valence-corrected chi connectivity index (χ1v) is 8.15. The first-order valence-electron chi connectivity index (χ1n) is 8.15. The van der Waals surface area contributed by atoms with E-state index in [4.69, 9.17) is 5.73 Å². The van der Waals surface area contributed by atoms with Gasteiger partial charge in [-0.05, 0) is 87.3 Å². The lowest BCUT2D eigenvalue weighted by Gasteiger charge is -2.60. The number of aromatic nitrogens is 1. The Morgan fingerprint density at radius 1 is 1.21 bits per heavy atom. The normalized spacial score (nSPS) is 43.8. The van der Waals surface area contributed by atoms with E-state index in [1.165, 1.54) is 50.6 Å². The molecular weight excluding hydrogens is 232 g/mol. The summed E-state index contributed by atoms with van der Waals surface area (Å²) in [6, 6.07) is 4.52. The number of hydrogen-bond acceptors (Lipinski definition) is 1. The Balaban J connectivity index is 1.60. The van der Waals surface area contributed by atoms with Gasteiger partial charge in [-0.25, -0.2) is 0 Å². The molecule has 0 radical (unpaired) electrons. The zero-order chi connectivity index (χ0) is 12.9. The van der Waals surface area contributed by atoms with Crippen LogP contribution >= 0.6 is 0 Å². The molecule has 4 aliphatic rings. The van der Waals surface area contributed by atoms with Gasteiger partial charge in [-0.15, -0.1) is 0 Å². The third kappa shape index (κ3) is 1.79. The minimum absolute atomic E-state index is 0.513. The molecule has 2 heteroatoms. The van der Waals surface area contributed by atoms with E-state index >= 15 is 0 Å². The number of hydrogen-bond donors (Lipinski definition) is 2. The van der Waals surface area contributed by atoms with E-state index in [0.29, 0.717) is 5.41 Å². The smallest absolute Gasteiger partial charge is 0.0210 e. The lowest BCUT2D eigenvalue weighted by molar-refractivity contribution is -0.0607. The average Bonchev–Trinajstić information content (AvgIpc) is 2.92. The van der Waals surface area contributed by atoms with Crippen LogP contribution in [0.4, 0.5) is 0 Å². The maximum atomic E-state index is 5.73. The second-order valence-corrected chi connectivity index (χ2v) is 7.43. The highest BCUT2D eigenvalue weighted by Gasteiger charge is 2.55. The fourth-order valence-electron chi connectivity index (χ4n) is 5.94. The SMILES string of the molecule is NCCCC1C2CC3CC1CC(c1ccc[nH]1)(C3)C2. The fraction of sp³-hybridized carbons (Fsp3) is 0.765. The van der Waals surface area contributed by atoms with Crippen LogP contribution in [0.3, 0.4) is 0 Å². The summed E-state index contributed by atoms with van der Waals surface area (Å²) in [5.41, 5.74) is 7.78. The second-order valence-electron chi connectivity index (χ2n) is 7.43. The van der Waals surface area contributed by atoms with Gasteiger partial charge in [0.2, 0.25) is 0 Å². The average molecular weight is 258 g/mol. The molecule has 4 aliphatic carbocycles. The molecule has 1 aromatic heterocycles. The summed E-state index contributed by atoms with van der Waals surface area (Å²) >= 11 is 0. The molecule has 4 saturated carbocycles. The van der Waals surface area contributed by atoms with Gasteiger partial charge in [0.25, 0.3) is 0 Å². The molecule has 3 N–H and O–H groups in total. The zero-order valence-electron chi connectivity index (χ0n) is 11.8. The molecule has 104 valence electrons. The van der Waals surface area contributed by atoms with Crippen LogP contribution in [0.15, 0.2) is 18.3 Å². The molecule has 2 unspecified atom stereocenters. The minimum atomic E-state index is 0.513. The first-order chi connectivity index (χ1) is 9.31. The van der Waals surface area contributed by atoms with Crippen LogP contribution in [0.25, 0.3) is 0 Å². The van der Waals surface area contributed by atoms with Gasteiger partial charge in [-0.3, -0.25) is 0 Å². The lowest BCUT2D eigenvalue weighted by atomic mass is 9.45. The molecule has 2 nitrogen and oxygen atoms in total. The molecule has 0 aromatic carbocycles. The molecular formula is C17H26N2. The Labute approximate surface area is 116 Å². The van der Waals surface area contributed by atoms with E-state index in [1.54, 1.807) is 0 Å². The molecule has 2 atom stereocenters. The van der Waals surface area contributed by atoms with Crippen molar-refractivity contribution in [3.05, 3.63) is 24.0 Å². The predicted octanol–water partition coefficient (Wildman–Crippen LogP) is 3.45. The summed E-state index contributed by atoms with van der Waals surface area (Å²) < 4.78 is 0. The zero-order valence-corrected chi connectivity index (χ0v) is 11.8. The van der Waals surface area contributed by atoms with Gasteiger partial charge in [-0.2, -0.15) is 0 Å². The third-order valence-corrected chi connectivity index (χ3v) is 6.38. The van der Waals surface area contributed by atoms with Crippen molar-refractivity contribution in [1.29, 1.82) is 0 Å². The number of aromatic amines is 1. The maximum absolute atomic E-state index is 5.73. The van der Waals surface area contributed by atoms with Crippen molar-refractivity contribution in [2.45, 2.75) is 50.4 Å². The number of nitrogens with two attached hydrogens (primary N) is 1. The Morgan fingerprint density at radius 3 is 2.63 bits per heavy atom. The van der Waals surface area contributed by atoms with E-state index in [0.717, 1.165) is 30.2 Å². The van der Waals surface area contributed by atoms with Crippen molar-refractivity contribution < 1.29 is 0 Å². The molecule has 1 aromatic rings. The van der Waals surface area contributed by atoms with Crippen molar-refractivity contribution in [3.8, 4) is 0 Å². The van der Waals surface area contributed by atoms with E-state index in [1.807, 2.05) is 0 Å². The Kier molecular flexibility index (Phi) is 2.77. The van der Waals surface area contributed by atoms with Crippen LogP contribution in [0.2, 0.25) is 0 Å². The van der Waals surface area contributed by atoms with E-state index < -0.39 is 0 Å². The highest BCUT2D eigenvalue weighted by Crippen LogP contribution is 2.63. The molecule has 0 spiro atoms. The standard InChI is InChI=1S/C17H26N2/c18-5-1-3-15-13-7-12-8-14(15)11-17(9-12,10-13)16-4-2-6-19-16/h2,4,6,12-15,19H,1,3,5,7-11,18H2. The molecule has 0 aliphatic heterocycles. The number of rotatable bonds is 4. The molecule has 0 amide bonds. The van der Waals surface area contributed by atoms with Crippen LogP contribution in [0.1, 0.15) is 50.6 Å². The number of H-pyrrole nitrogens is 1. The highest BCUT2D eigenvalue weighted by molar-refractivity contribution is 5.24. The van der Waals surface area contributed by atoms with Crippen LogP contribution in [-0.2, 0) is 5.41 Å². The monoisotopic (exact) mass is 258 g/mol. The van der Waals surface area contributed by atoms with Gasteiger partial charge in [-0.1, -0.05) is 0 Å². The Morgan fingerprint density at radius 2 is 2.00 bits per heavy atom. The summed E-state index contributed by atoms with van der Waals surface area (Å²) in [6.07, 6.45) is 12.1. The minimum Gasteiger partial charge on any atom is -0.365 e. The molecule has 1 heterocycles. The topological polar surface area (TPSA) is 41.8 Å². The molecule has 4 bridgehead atoms. The molecule has 19 heavy (non-hydrogen) atoms. The van der Waals surface area contributed by atoms with Gasteiger partial charge in [0.15, 0.2) is 0 Å². The second kappa shape index (κ2) is 4.37. The van der Waals surface area contributed by atoms with Gasteiger partial charge < -0.3 is 10.7 Å². The van der Waals surface area contributed by atoms with Gasteiger partial charge in [0.05, 0.1) is 0 Å². The number of nitrogens with one attached hydrogen (secondary N) is 1. The van der Waals surface area contributed by atoms with Crippen molar-refractivity contribution in [2.24, 2.45) is 29.4 Å². The Bertz CT molecular complexity index is 420. The van der Waals surface area contributed by atoms with E-state index in [9.17, 15) is 0 Å². The predicted molar refractivity (Wildman–Crippen MR) is 77.8 cm³/mol.